The first-order valence-corrected chi connectivity index (χ1v) is 7.55. The van der Waals surface area contributed by atoms with Gasteiger partial charge in [0.1, 0.15) is 0 Å². The van der Waals surface area contributed by atoms with Crippen LogP contribution in [-0.2, 0) is 9.53 Å². The van der Waals surface area contributed by atoms with Crippen LogP contribution in [0.25, 0.3) is 0 Å². The highest BCUT2D eigenvalue weighted by atomic mass is 19.4. The Morgan fingerprint density at radius 1 is 0.750 bits per heavy atom. The Hall–Kier alpha value is -2.75. The number of benzene rings is 1. The average Bonchev–Trinajstić information content (AvgIpc) is 2.65. The second-order valence-electron chi connectivity index (χ2n) is 5.90. The molecular weight excluding hydrogens is 489 g/mol. The molecule has 0 atom stereocenters. The van der Waals surface area contributed by atoms with E-state index in [-0.39, 0.29) is 0 Å². The molecule has 0 unspecified atom stereocenters. The van der Waals surface area contributed by atoms with Gasteiger partial charge in [-0.15, -0.1) is 0 Å². The van der Waals surface area contributed by atoms with Crippen LogP contribution in [0.15, 0.2) is 24.3 Å². The van der Waals surface area contributed by atoms with E-state index in [1.54, 1.807) is 0 Å². The SMILES string of the molecule is COC(=O)c1cccc(NC(=O)C(F)(F)C(F)(F)C(F)(F)C(F)(F)C(F)(F)C(F)(F)F)c1. The monoisotopic (exact) mass is 497 g/mol. The molecule has 1 N–H and O–H groups in total. The van der Waals surface area contributed by atoms with E-state index in [9.17, 15) is 66.7 Å². The molecular formula is C15H8F13NO3. The van der Waals surface area contributed by atoms with Crippen LogP contribution < -0.4 is 5.32 Å². The largest absolute Gasteiger partial charge is 0.465 e. The van der Waals surface area contributed by atoms with E-state index >= 15 is 0 Å². The second-order valence-corrected chi connectivity index (χ2v) is 5.90. The average molecular weight is 497 g/mol. The van der Waals surface area contributed by atoms with Crippen molar-refractivity contribution in [2.75, 3.05) is 12.4 Å². The van der Waals surface area contributed by atoms with Gasteiger partial charge < -0.3 is 10.1 Å². The Kier molecular flexibility index (Phi) is 6.81. The summed E-state index contributed by atoms with van der Waals surface area (Å²) in [5.74, 6) is -43.5. The van der Waals surface area contributed by atoms with Crippen molar-refractivity contribution < 1.29 is 71.4 Å². The van der Waals surface area contributed by atoms with Crippen molar-refractivity contribution in [1.82, 2.24) is 0 Å². The number of alkyl halides is 13. The highest BCUT2D eigenvalue weighted by molar-refractivity contribution is 5.98. The maximum atomic E-state index is 13.7. The van der Waals surface area contributed by atoms with Crippen molar-refractivity contribution in [2.24, 2.45) is 0 Å². The van der Waals surface area contributed by atoms with Crippen LogP contribution >= 0.6 is 0 Å². The summed E-state index contributed by atoms with van der Waals surface area (Å²) in [4.78, 5) is 22.7. The molecule has 0 spiro atoms. The summed E-state index contributed by atoms with van der Waals surface area (Å²) in [7, 11) is 0.835. The number of esters is 1. The summed E-state index contributed by atoms with van der Waals surface area (Å²) < 4.78 is 173. The molecule has 0 aliphatic rings. The number of carbonyl (C=O) groups is 2. The lowest BCUT2D eigenvalue weighted by Gasteiger charge is -2.39. The molecule has 0 heterocycles. The Balaban J connectivity index is 3.39. The zero-order valence-electron chi connectivity index (χ0n) is 14.9. The van der Waals surface area contributed by atoms with Gasteiger partial charge in [0.05, 0.1) is 12.7 Å². The van der Waals surface area contributed by atoms with Gasteiger partial charge in [-0.2, -0.15) is 57.1 Å². The maximum Gasteiger partial charge on any atom is 0.460 e. The van der Waals surface area contributed by atoms with E-state index in [0.717, 1.165) is 24.6 Å². The van der Waals surface area contributed by atoms with E-state index in [1.165, 1.54) is 0 Å². The number of amides is 1. The first-order chi connectivity index (χ1) is 14.1. The van der Waals surface area contributed by atoms with Gasteiger partial charge in [0.25, 0.3) is 0 Å². The predicted molar refractivity (Wildman–Crippen MR) is 77.2 cm³/mol. The minimum absolute atomic E-state index is 0.475. The zero-order valence-corrected chi connectivity index (χ0v) is 14.9. The minimum atomic E-state index is -8.11. The van der Waals surface area contributed by atoms with Crippen LogP contribution in [0.3, 0.4) is 0 Å². The van der Waals surface area contributed by atoms with E-state index < -0.39 is 58.9 Å². The normalized spacial score (nSPS) is 14.2. The second kappa shape index (κ2) is 7.99. The third kappa shape index (κ3) is 4.03. The Morgan fingerprint density at radius 3 is 1.66 bits per heavy atom. The number of hydrogen-bond donors (Lipinski definition) is 1. The molecule has 0 radical (unpaired) electrons. The fraction of sp³-hybridized carbons (Fsp3) is 0.467. The van der Waals surface area contributed by atoms with Crippen LogP contribution in [0.5, 0.6) is 0 Å². The molecule has 0 bridgehead atoms. The molecule has 32 heavy (non-hydrogen) atoms. The van der Waals surface area contributed by atoms with E-state index in [0.29, 0.717) is 12.1 Å². The van der Waals surface area contributed by atoms with Crippen molar-refractivity contribution in [3.63, 3.8) is 0 Å². The van der Waals surface area contributed by atoms with Gasteiger partial charge in [-0.25, -0.2) is 4.79 Å². The molecule has 0 saturated heterocycles. The number of nitrogens with one attached hydrogen (secondary N) is 1. The van der Waals surface area contributed by atoms with E-state index in [2.05, 4.69) is 4.74 Å². The van der Waals surface area contributed by atoms with Crippen molar-refractivity contribution in [3.8, 4) is 0 Å². The van der Waals surface area contributed by atoms with Crippen LogP contribution in [-0.4, -0.2) is 54.8 Å². The maximum absolute atomic E-state index is 13.7. The third-order valence-electron chi connectivity index (χ3n) is 3.76. The Bertz CT molecular complexity index is 880. The van der Waals surface area contributed by atoms with Crippen molar-refractivity contribution in [2.45, 2.75) is 35.8 Å². The fourth-order valence-corrected chi connectivity index (χ4v) is 1.96. The van der Waals surface area contributed by atoms with Crippen LogP contribution in [0.1, 0.15) is 10.4 Å². The summed E-state index contributed by atoms with van der Waals surface area (Å²) in [5.41, 5.74) is -1.49. The molecule has 182 valence electrons. The summed E-state index contributed by atoms with van der Waals surface area (Å²) in [6, 6.07) is 2.85. The third-order valence-corrected chi connectivity index (χ3v) is 3.76. The summed E-state index contributed by atoms with van der Waals surface area (Å²) in [6.45, 7) is 0. The number of methoxy groups -OCH3 is 1. The standard InChI is InChI=1S/C15H8F13NO3/c1-32-8(30)6-3-2-4-7(5-6)29-9(31)10(16,17)11(18,19)12(20,21)13(22,23)14(24,25)15(26,27)28/h2-5H,1H3,(H,29,31). The molecule has 0 aliphatic heterocycles. The minimum Gasteiger partial charge on any atom is -0.465 e. The molecule has 0 aliphatic carbocycles. The van der Waals surface area contributed by atoms with Gasteiger partial charge in [-0.05, 0) is 18.2 Å². The molecule has 0 fully saturated rings. The highest BCUT2D eigenvalue weighted by Crippen LogP contribution is 2.60. The van der Waals surface area contributed by atoms with Crippen molar-refractivity contribution in [1.29, 1.82) is 0 Å². The number of rotatable bonds is 7. The van der Waals surface area contributed by atoms with Crippen molar-refractivity contribution in [3.05, 3.63) is 29.8 Å². The molecule has 1 aromatic rings. The van der Waals surface area contributed by atoms with Gasteiger partial charge >= 0.3 is 47.7 Å². The number of ether oxygens (including phenoxy) is 1. The first kappa shape index (κ1) is 27.3. The molecule has 1 rings (SSSR count). The topological polar surface area (TPSA) is 55.4 Å². The van der Waals surface area contributed by atoms with Gasteiger partial charge in [-0.3, -0.25) is 4.79 Å². The molecule has 1 aromatic carbocycles. The summed E-state index contributed by atoms with van der Waals surface area (Å²) in [6.07, 6.45) is -7.55. The quantitative estimate of drug-likeness (QED) is 0.419. The summed E-state index contributed by atoms with van der Waals surface area (Å²) >= 11 is 0. The number of carbonyl (C=O) groups excluding carboxylic acids is 2. The lowest BCUT2D eigenvalue weighted by atomic mass is 9.93. The van der Waals surface area contributed by atoms with Crippen LogP contribution in [0, 0.1) is 0 Å². The summed E-state index contributed by atoms with van der Waals surface area (Å²) in [5, 5.41) is 0.836. The number of anilines is 1. The first-order valence-electron chi connectivity index (χ1n) is 7.55. The van der Waals surface area contributed by atoms with E-state index in [1.807, 2.05) is 0 Å². The molecule has 17 heteroatoms. The zero-order chi connectivity index (χ0) is 25.6. The molecule has 0 aromatic heterocycles. The number of halogens is 13. The molecule has 0 saturated carbocycles. The highest BCUT2D eigenvalue weighted by Gasteiger charge is 2.91. The van der Waals surface area contributed by atoms with Crippen LogP contribution in [0.4, 0.5) is 62.8 Å². The van der Waals surface area contributed by atoms with E-state index in [4.69, 9.17) is 0 Å². The van der Waals surface area contributed by atoms with Gasteiger partial charge in [0.2, 0.25) is 0 Å². The lowest BCUT2D eigenvalue weighted by Crippen LogP contribution is -2.71. The molecule has 1 amide bonds. The lowest BCUT2D eigenvalue weighted by molar-refractivity contribution is -0.435. The molecule has 4 nitrogen and oxygen atoms in total. The fourth-order valence-electron chi connectivity index (χ4n) is 1.96. The van der Waals surface area contributed by atoms with Gasteiger partial charge in [0, 0.05) is 5.69 Å². The van der Waals surface area contributed by atoms with Crippen molar-refractivity contribution >= 4 is 17.6 Å². The number of hydrogen-bond acceptors (Lipinski definition) is 3. The Labute approximate surface area is 168 Å². The van der Waals surface area contributed by atoms with Gasteiger partial charge in [-0.1, -0.05) is 6.07 Å². The predicted octanol–water partition coefficient (Wildman–Crippen LogP) is 5.15. The Morgan fingerprint density at radius 2 is 1.22 bits per heavy atom. The van der Waals surface area contributed by atoms with Crippen LogP contribution in [0.2, 0.25) is 0 Å². The smallest absolute Gasteiger partial charge is 0.460 e. The van der Waals surface area contributed by atoms with Gasteiger partial charge in [0.15, 0.2) is 0 Å².